The highest BCUT2D eigenvalue weighted by Crippen LogP contribution is 2.20. The molecule has 4 nitrogen and oxygen atoms in total. The van der Waals surface area contributed by atoms with E-state index in [2.05, 4.69) is 0 Å². The second-order valence-corrected chi connectivity index (χ2v) is 4.79. The predicted molar refractivity (Wildman–Crippen MR) is 78.1 cm³/mol. The normalized spacial score (nSPS) is 11.3. The third kappa shape index (κ3) is 4.21. The molecular formula is C16H14F3NO3. The smallest absolute Gasteiger partial charge is 0.406 e. The van der Waals surface area contributed by atoms with Crippen molar-refractivity contribution in [3.05, 3.63) is 58.5 Å². The lowest BCUT2D eigenvalue weighted by molar-refractivity contribution is -0.140. The number of ether oxygens (including phenoxy) is 1. The molecule has 0 spiro atoms. The van der Waals surface area contributed by atoms with Crippen LogP contribution in [0.2, 0.25) is 0 Å². The Hall–Kier alpha value is -2.57. The molecule has 1 heterocycles. The minimum absolute atomic E-state index is 0.0143. The maximum atomic E-state index is 12.6. The number of carbonyl (C=O) groups is 1. The zero-order valence-electron chi connectivity index (χ0n) is 12.3. The Kier molecular flexibility index (Phi) is 4.88. The first kappa shape index (κ1) is 16.8. The molecule has 1 aromatic carbocycles. The van der Waals surface area contributed by atoms with Crippen molar-refractivity contribution >= 4 is 5.97 Å². The summed E-state index contributed by atoms with van der Waals surface area (Å²) in [5.74, 6) is -0.939. The quantitative estimate of drug-likeness (QED) is 0.811. The summed E-state index contributed by atoms with van der Waals surface area (Å²) in [6.07, 6.45) is -2.51. The number of hydrogen-bond acceptors (Lipinski definition) is 3. The molecule has 2 rings (SSSR count). The van der Waals surface area contributed by atoms with Crippen LogP contribution in [-0.2, 0) is 11.3 Å². The van der Waals surface area contributed by atoms with Crippen LogP contribution in [0.25, 0.3) is 11.1 Å². The van der Waals surface area contributed by atoms with Crippen molar-refractivity contribution in [2.75, 3.05) is 6.61 Å². The van der Waals surface area contributed by atoms with Gasteiger partial charge in [-0.15, -0.1) is 0 Å². The molecule has 122 valence electrons. The highest BCUT2D eigenvalue weighted by atomic mass is 19.4. The summed E-state index contributed by atoms with van der Waals surface area (Å²) in [6.45, 7) is 0.264. The number of pyridine rings is 1. The Morgan fingerprint density at radius 1 is 1.17 bits per heavy atom. The van der Waals surface area contributed by atoms with E-state index in [1.165, 1.54) is 0 Å². The summed E-state index contributed by atoms with van der Waals surface area (Å²) in [6, 6.07) is 8.19. The van der Waals surface area contributed by atoms with Gasteiger partial charge in [0.05, 0.1) is 6.61 Å². The van der Waals surface area contributed by atoms with Gasteiger partial charge in [-0.2, -0.15) is 13.2 Å². The average molecular weight is 325 g/mol. The lowest BCUT2D eigenvalue weighted by Crippen LogP contribution is -2.25. The lowest BCUT2D eigenvalue weighted by atomic mass is 10.1. The molecule has 0 aliphatic rings. The summed E-state index contributed by atoms with van der Waals surface area (Å²) in [4.78, 5) is 24.3. The summed E-state index contributed by atoms with van der Waals surface area (Å²) >= 11 is 0. The number of carbonyl (C=O) groups excluding carboxylic acids is 1. The SMILES string of the molecule is CCOC(=O)c1cn(CC(F)(F)F)cc(-c2ccccc2)c1=O. The topological polar surface area (TPSA) is 48.3 Å². The second kappa shape index (κ2) is 6.68. The van der Waals surface area contributed by atoms with Gasteiger partial charge in [-0.3, -0.25) is 4.79 Å². The average Bonchev–Trinajstić information content (AvgIpc) is 2.48. The number of rotatable bonds is 4. The van der Waals surface area contributed by atoms with Crippen LogP contribution >= 0.6 is 0 Å². The predicted octanol–water partition coefficient (Wildman–Crippen LogP) is 3.25. The van der Waals surface area contributed by atoms with E-state index >= 15 is 0 Å². The van der Waals surface area contributed by atoms with E-state index in [9.17, 15) is 22.8 Å². The van der Waals surface area contributed by atoms with E-state index in [1.807, 2.05) is 0 Å². The van der Waals surface area contributed by atoms with Crippen molar-refractivity contribution < 1.29 is 22.7 Å². The number of esters is 1. The minimum atomic E-state index is -4.48. The van der Waals surface area contributed by atoms with Crippen LogP contribution in [0.15, 0.2) is 47.5 Å². The van der Waals surface area contributed by atoms with Gasteiger partial charge in [-0.05, 0) is 12.5 Å². The number of nitrogens with zero attached hydrogens (tertiary/aromatic N) is 1. The van der Waals surface area contributed by atoms with Gasteiger partial charge in [0, 0.05) is 18.0 Å². The molecule has 23 heavy (non-hydrogen) atoms. The first-order chi connectivity index (χ1) is 10.8. The Bertz CT molecular complexity index is 751. The molecule has 0 atom stereocenters. The fourth-order valence-corrected chi connectivity index (χ4v) is 2.11. The molecule has 0 amide bonds. The first-order valence-electron chi connectivity index (χ1n) is 6.85. The van der Waals surface area contributed by atoms with E-state index in [1.54, 1.807) is 37.3 Å². The molecule has 0 saturated heterocycles. The monoisotopic (exact) mass is 325 g/mol. The summed E-state index contributed by atoms with van der Waals surface area (Å²) in [7, 11) is 0. The summed E-state index contributed by atoms with van der Waals surface area (Å²) in [5, 5.41) is 0. The van der Waals surface area contributed by atoms with Gasteiger partial charge < -0.3 is 9.30 Å². The van der Waals surface area contributed by atoms with Crippen molar-refractivity contribution in [3.63, 3.8) is 0 Å². The van der Waals surface area contributed by atoms with Crippen molar-refractivity contribution in [2.24, 2.45) is 0 Å². The Labute approximate surface area is 130 Å². The van der Waals surface area contributed by atoms with E-state index in [4.69, 9.17) is 4.74 Å². The maximum Gasteiger partial charge on any atom is 0.406 e. The minimum Gasteiger partial charge on any atom is -0.462 e. The van der Waals surface area contributed by atoms with Crippen LogP contribution in [0.5, 0.6) is 0 Å². The molecule has 0 unspecified atom stereocenters. The second-order valence-electron chi connectivity index (χ2n) is 4.79. The number of alkyl halides is 3. The zero-order chi connectivity index (χ0) is 17.0. The van der Waals surface area contributed by atoms with Crippen molar-refractivity contribution in [3.8, 4) is 11.1 Å². The van der Waals surface area contributed by atoms with Crippen LogP contribution in [0.4, 0.5) is 13.2 Å². The highest BCUT2D eigenvalue weighted by Gasteiger charge is 2.28. The van der Waals surface area contributed by atoms with Gasteiger partial charge in [0.15, 0.2) is 0 Å². The van der Waals surface area contributed by atoms with Gasteiger partial charge in [-0.1, -0.05) is 30.3 Å². The van der Waals surface area contributed by atoms with Crippen LogP contribution in [-0.4, -0.2) is 23.3 Å². The van der Waals surface area contributed by atoms with E-state index in [-0.39, 0.29) is 12.2 Å². The van der Waals surface area contributed by atoms with Crippen molar-refractivity contribution in [1.29, 1.82) is 0 Å². The van der Waals surface area contributed by atoms with Crippen molar-refractivity contribution in [1.82, 2.24) is 4.57 Å². The summed E-state index contributed by atoms with van der Waals surface area (Å²) < 4.78 is 43.5. The van der Waals surface area contributed by atoms with Crippen LogP contribution in [0.3, 0.4) is 0 Å². The van der Waals surface area contributed by atoms with Crippen LogP contribution < -0.4 is 5.43 Å². The van der Waals surface area contributed by atoms with Crippen molar-refractivity contribution in [2.45, 2.75) is 19.6 Å². The molecule has 0 bridgehead atoms. The maximum absolute atomic E-state index is 12.6. The number of halogens is 3. The van der Waals surface area contributed by atoms with Gasteiger partial charge in [0.25, 0.3) is 0 Å². The molecule has 0 radical (unpaired) electrons. The molecule has 0 saturated carbocycles. The van der Waals surface area contributed by atoms with Crippen LogP contribution in [0, 0.1) is 0 Å². The van der Waals surface area contributed by atoms with Crippen LogP contribution in [0.1, 0.15) is 17.3 Å². The third-order valence-corrected chi connectivity index (χ3v) is 3.02. The zero-order valence-corrected chi connectivity index (χ0v) is 12.3. The third-order valence-electron chi connectivity index (χ3n) is 3.02. The van der Waals surface area contributed by atoms with Gasteiger partial charge in [0.1, 0.15) is 12.1 Å². The standard InChI is InChI=1S/C16H14F3NO3/c1-2-23-15(22)13-9-20(10-16(17,18)19)8-12(14(13)21)11-6-4-3-5-7-11/h3-9H,2,10H2,1H3. The number of hydrogen-bond donors (Lipinski definition) is 0. The van der Waals surface area contributed by atoms with E-state index in [0.717, 1.165) is 17.0 Å². The molecule has 7 heteroatoms. The molecular weight excluding hydrogens is 311 g/mol. The van der Waals surface area contributed by atoms with E-state index < -0.39 is 29.7 Å². The number of aromatic nitrogens is 1. The molecule has 0 aliphatic carbocycles. The first-order valence-corrected chi connectivity index (χ1v) is 6.85. The molecule has 0 N–H and O–H groups in total. The Balaban J connectivity index is 2.61. The fourth-order valence-electron chi connectivity index (χ4n) is 2.11. The fraction of sp³-hybridized carbons (Fsp3) is 0.250. The highest BCUT2D eigenvalue weighted by molar-refractivity contribution is 5.90. The molecule has 0 aliphatic heterocycles. The summed E-state index contributed by atoms with van der Waals surface area (Å²) in [5.41, 5.74) is -0.634. The Morgan fingerprint density at radius 2 is 1.83 bits per heavy atom. The molecule has 2 aromatic rings. The molecule has 0 fully saturated rings. The van der Waals surface area contributed by atoms with Gasteiger partial charge in [0.2, 0.25) is 5.43 Å². The molecule has 1 aromatic heterocycles. The number of benzene rings is 1. The van der Waals surface area contributed by atoms with Gasteiger partial charge >= 0.3 is 12.1 Å². The van der Waals surface area contributed by atoms with E-state index in [0.29, 0.717) is 5.56 Å². The Morgan fingerprint density at radius 3 is 2.39 bits per heavy atom. The lowest BCUT2D eigenvalue weighted by Gasteiger charge is -2.13. The van der Waals surface area contributed by atoms with Gasteiger partial charge in [-0.25, -0.2) is 4.79 Å². The largest absolute Gasteiger partial charge is 0.462 e.